The Balaban J connectivity index is 1.80. The monoisotopic (exact) mass is 453 g/mol. The lowest BCUT2D eigenvalue weighted by atomic mass is 10.1. The van der Waals surface area contributed by atoms with E-state index in [2.05, 4.69) is 0 Å². The lowest BCUT2D eigenvalue weighted by Crippen LogP contribution is -2.28. The molecule has 4 nitrogen and oxygen atoms in total. The van der Waals surface area contributed by atoms with E-state index in [1.54, 1.807) is 24.3 Å². The van der Waals surface area contributed by atoms with Crippen LogP contribution in [-0.2, 0) is 11.3 Å². The topological polar surface area (TPSA) is 46.6 Å². The number of amides is 2. The number of rotatable bonds is 6. The van der Waals surface area contributed by atoms with Crippen LogP contribution in [0.1, 0.15) is 31.4 Å². The van der Waals surface area contributed by atoms with Crippen molar-refractivity contribution in [2.24, 2.45) is 0 Å². The number of nitrogens with zero attached hydrogens (tertiary/aromatic N) is 1. The van der Waals surface area contributed by atoms with Crippen molar-refractivity contribution in [3.8, 4) is 5.75 Å². The Hall–Kier alpha value is -2.02. The van der Waals surface area contributed by atoms with Crippen LogP contribution < -0.4 is 4.74 Å². The van der Waals surface area contributed by atoms with Crippen LogP contribution in [0.4, 0.5) is 9.18 Å². The average molecular weight is 454 g/mol. The Morgan fingerprint density at radius 1 is 1.21 bits per heavy atom. The molecule has 0 radical (unpaired) electrons. The minimum atomic E-state index is -0.566. The van der Waals surface area contributed by atoms with Crippen LogP contribution in [0.5, 0.6) is 5.75 Å². The number of imide groups is 1. The van der Waals surface area contributed by atoms with E-state index in [9.17, 15) is 14.0 Å². The van der Waals surface area contributed by atoms with Gasteiger partial charge in [0.1, 0.15) is 11.6 Å². The van der Waals surface area contributed by atoms with E-state index >= 15 is 0 Å². The van der Waals surface area contributed by atoms with Gasteiger partial charge in [-0.2, -0.15) is 0 Å². The first-order valence-electron chi connectivity index (χ1n) is 8.94. The molecule has 0 bridgehead atoms. The summed E-state index contributed by atoms with van der Waals surface area (Å²) in [5.41, 5.74) is 0.758. The molecule has 1 aliphatic heterocycles. The number of hydrogen-bond donors (Lipinski definition) is 0. The van der Waals surface area contributed by atoms with Crippen molar-refractivity contribution < 1.29 is 18.7 Å². The molecule has 2 aromatic rings. The smallest absolute Gasteiger partial charge is 0.293 e. The van der Waals surface area contributed by atoms with E-state index in [1.165, 1.54) is 18.2 Å². The van der Waals surface area contributed by atoms with Crippen LogP contribution in [0.2, 0.25) is 10.0 Å². The fourth-order valence-corrected chi connectivity index (χ4v) is 3.93. The number of ether oxygens (including phenoxy) is 1. The highest BCUT2D eigenvalue weighted by atomic mass is 35.5. The molecule has 8 heteroatoms. The average Bonchev–Trinajstić information content (AvgIpc) is 2.93. The van der Waals surface area contributed by atoms with E-state index in [0.717, 1.165) is 23.1 Å². The Labute approximate surface area is 182 Å². The fraction of sp³-hybridized carbons (Fsp3) is 0.238. The molecule has 0 aromatic heterocycles. The fourth-order valence-electron chi connectivity index (χ4n) is 2.63. The second-order valence-corrected chi connectivity index (χ2v) is 8.30. The van der Waals surface area contributed by atoms with Gasteiger partial charge in [0.2, 0.25) is 0 Å². The van der Waals surface area contributed by atoms with Gasteiger partial charge >= 0.3 is 0 Å². The molecule has 0 aliphatic carbocycles. The zero-order valence-corrected chi connectivity index (χ0v) is 18.1. The summed E-state index contributed by atoms with van der Waals surface area (Å²) in [5.74, 6) is -0.514. The molecule has 1 aliphatic rings. The zero-order chi connectivity index (χ0) is 21.1. The second kappa shape index (κ2) is 9.20. The minimum Gasteiger partial charge on any atom is -0.489 e. The van der Waals surface area contributed by atoms with Crippen molar-refractivity contribution in [2.45, 2.75) is 32.9 Å². The van der Waals surface area contributed by atoms with E-state index in [-0.39, 0.29) is 28.1 Å². The number of hydrogen-bond acceptors (Lipinski definition) is 4. The predicted octanol–water partition coefficient (Wildman–Crippen LogP) is 6.55. The predicted molar refractivity (Wildman–Crippen MR) is 115 cm³/mol. The lowest BCUT2D eigenvalue weighted by molar-refractivity contribution is -0.123. The third-order valence-electron chi connectivity index (χ3n) is 4.41. The molecule has 0 unspecified atom stereocenters. The van der Waals surface area contributed by atoms with Gasteiger partial charge in [0, 0.05) is 10.6 Å². The van der Waals surface area contributed by atoms with Gasteiger partial charge in [0.15, 0.2) is 0 Å². The second-order valence-electron chi connectivity index (χ2n) is 6.49. The largest absolute Gasteiger partial charge is 0.489 e. The van der Waals surface area contributed by atoms with E-state index in [4.69, 9.17) is 27.9 Å². The van der Waals surface area contributed by atoms with Crippen molar-refractivity contribution in [2.75, 3.05) is 0 Å². The quantitative estimate of drug-likeness (QED) is 0.465. The summed E-state index contributed by atoms with van der Waals surface area (Å²) < 4.78 is 19.7. The minimum absolute atomic E-state index is 0.0278. The SMILES string of the molecule is CC[C@H](C)Oc1ccc(/C=C2\SC(=O)N(Cc3c(F)cccc3Cl)C2=O)cc1Cl. The Morgan fingerprint density at radius 2 is 1.97 bits per heavy atom. The molecular weight excluding hydrogens is 436 g/mol. The zero-order valence-electron chi connectivity index (χ0n) is 15.7. The molecular formula is C21H18Cl2FNO3S. The van der Waals surface area contributed by atoms with Crippen LogP contribution in [0, 0.1) is 5.82 Å². The van der Waals surface area contributed by atoms with Crippen LogP contribution in [0.25, 0.3) is 6.08 Å². The maximum atomic E-state index is 14.0. The van der Waals surface area contributed by atoms with Gasteiger partial charge in [-0.15, -0.1) is 0 Å². The number of carbonyl (C=O) groups excluding carboxylic acids is 2. The third-order valence-corrected chi connectivity index (χ3v) is 5.97. The molecule has 2 aromatic carbocycles. The first kappa shape index (κ1) is 21.7. The first-order valence-corrected chi connectivity index (χ1v) is 10.5. The normalized spacial score (nSPS) is 16.6. The van der Waals surface area contributed by atoms with Crippen molar-refractivity contribution in [3.05, 3.63) is 68.3 Å². The number of halogens is 3. The first-order chi connectivity index (χ1) is 13.8. The summed E-state index contributed by atoms with van der Waals surface area (Å²) in [6.45, 7) is 3.73. The van der Waals surface area contributed by atoms with E-state index < -0.39 is 17.0 Å². The molecule has 1 fully saturated rings. The Bertz CT molecular complexity index is 976. The molecule has 0 saturated carbocycles. The van der Waals surface area contributed by atoms with Crippen LogP contribution in [0.15, 0.2) is 41.3 Å². The molecule has 3 rings (SSSR count). The maximum Gasteiger partial charge on any atom is 0.293 e. The third kappa shape index (κ3) is 4.94. The molecule has 152 valence electrons. The number of benzene rings is 2. The number of carbonyl (C=O) groups is 2. The molecule has 1 atom stereocenters. The molecule has 0 N–H and O–H groups in total. The molecule has 29 heavy (non-hydrogen) atoms. The van der Waals surface area contributed by atoms with Crippen molar-refractivity contribution in [3.63, 3.8) is 0 Å². The van der Waals surface area contributed by atoms with Crippen LogP contribution in [-0.4, -0.2) is 22.2 Å². The van der Waals surface area contributed by atoms with Gasteiger partial charge in [0.05, 0.1) is 22.6 Å². The van der Waals surface area contributed by atoms with Gasteiger partial charge in [-0.1, -0.05) is 42.3 Å². The molecule has 0 spiro atoms. The van der Waals surface area contributed by atoms with Crippen molar-refractivity contribution in [1.29, 1.82) is 0 Å². The molecule has 1 saturated heterocycles. The summed E-state index contributed by atoms with van der Waals surface area (Å²) in [6.07, 6.45) is 2.45. The highest BCUT2D eigenvalue weighted by Crippen LogP contribution is 2.35. The maximum absolute atomic E-state index is 14.0. The highest BCUT2D eigenvalue weighted by molar-refractivity contribution is 8.18. The number of thioether (sulfide) groups is 1. The van der Waals surface area contributed by atoms with Crippen LogP contribution >= 0.6 is 35.0 Å². The van der Waals surface area contributed by atoms with Gasteiger partial charge < -0.3 is 4.74 Å². The van der Waals surface area contributed by atoms with E-state index in [1.807, 2.05) is 13.8 Å². The van der Waals surface area contributed by atoms with Crippen molar-refractivity contribution in [1.82, 2.24) is 4.90 Å². The summed E-state index contributed by atoms with van der Waals surface area (Å²) in [6, 6.07) is 9.37. The van der Waals surface area contributed by atoms with Gasteiger partial charge in [-0.05, 0) is 61.0 Å². The molecule has 2 amide bonds. The summed E-state index contributed by atoms with van der Waals surface area (Å²) >= 11 is 13.1. The van der Waals surface area contributed by atoms with Gasteiger partial charge in [-0.25, -0.2) is 4.39 Å². The lowest BCUT2D eigenvalue weighted by Gasteiger charge is -2.14. The summed E-state index contributed by atoms with van der Waals surface area (Å²) in [7, 11) is 0. The molecule has 1 heterocycles. The van der Waals surface area contributed by atoms with Gasteiger partial charge in [0.25, 0.3) is 11.1 Å². The van der Waals surface area contributed by atoms with E-state index in [0.29, 0.717) is 16.3 Å². The highest BCUT2D eigenvalue weighted by Gasteiger charge is 2.35. The van der Waals surface area contributed by atoms with Gasteiger partial charge in [-0.3, -0.25) is 14.5 Å². The summed E-state index contributed by atoms with van der Waals surface area (Å²) in [4.78, 5) is 26.2. The Kier molecular flexibility index (Phi) is 6.88. The van der Waals surface area contributed by atoms with Crippen molar-refractivity contribution >= 4 is 52.2 Å². The Morgan fingerprint density at radius 3 is 2.62 bits per heavy atom. The van der Waals surface area contributed by atoms with Crippen LogP contribution in [0.3, 0.4) is 0 Å². The summed E-state index contributed by atoms with van der Waals surface area (Å²) in [5, 5.41) is 0.0940. The standard InChI is InChI=1S/C21H18Cl2FNO3S/c1-3-12(2)28-18-8-7-13(9-16(18)23)10-19-20(26)25(21(27)29-19)11-14-15(22)5-4-6-17(14)24/h4-10,12H,3,11H2,1-2H3/b19-10-/t12-/m0/s1.